The number of aromatic amines is 1. The summed E-state index contributed by atoms with van der Waals surface area (Å²) in [6.07, 6.45) is 9.26. The largest absolute Gasteiger partial charge is 0.197 e. The lowest BCUT2D eigenvalue weighted by Gasteiger charge is -2.01. The van der Waals surface area contributed by atoms with Gasteiger partial charge in [-0.3, -0.25) is 0 Å². The third-order valence-corrected chi connectivity index (χ3v) is 3.20. The first kappa shape index (κ1) is 12.1. The van der Waals surface area contributed by atoms with Gasteiger partial charge >= 0.3 is 0 Å². The fourth-order valence-corrected chi connectivity index (χ4v) is 2.15. The van der Waals surface area contributed by atoms with Crippen molar-refractivity contribution in [2.75, 3.05) is 0 Å². The minimum atomic E-state index is 0.955. The Balaban J connectivity index is 1.75. The second-order valence-corrected chi connectivity index (χ2v) is 4.66. The Labute approximate surface area is 103 Å². The van der Waals surface area contributed by atoms with E-state index in [2.05, 4.69) is 34.5 Å². The van der Waals surface area contributed by atoms with Crippen LogP contribution in [0.2, 0.25) is 0 Å². The van der Waals surface area contributed by atoms with Gasteiger partial charge in [-0.05, 0) is 30.5 Å². The summed E-state index contributed by atoms with van der Waals surface area (Å²) in [5, 5.41) is 10.8. The summed E-state index contributed by atoms with van der Waals surface area (Å²) in [4.78, 5) is 0. The molecule has 3 heteroatoms. The maximum absolute atomic E-state index is 4.11. The van der Waals surface area contributed by atoms with E-state index in [4.69, 9.17) is 0 Å². The number of unbranched alkanes of at least 4 members (excludes halogenated alkanes) is 5. The SMILES string of the molecule is CCCCCCCCc1ccc2n[nH]nc2c1. The molecule has 0 bridgehead atoms. The molecule has 0 amide bonds. The molecule has 2 rings (SSSR count). The molecule has 0 radical (unpaired) electrons. The zero-order valence-electron chi connectivity index (χ0n) is 10.6. The Bertz CT molecular complexity index is 447. The minimum Gasteiger partial charge on any atom is -0.197 e. The summed E-state index contributed by atoms with van der Waals surface area (Å²) >= 11 is 0. The summed E-state index contributed by atoms with van der Waals surface area (Å²) in [7, 11) is 0. The van der Waals surface area contributed by atoms with E-state index in [0.29, 0.717) is 0 Å². The molecule has 0 unspecified atom stereocenters. The third kappa shape index (κ3) is 3.55. The zero-order valence-corrected chi connectivity index (χ0v) is 10.6. The average Bonchev–Trinajstić information content (AvgIpc) is 2.81. The van der Waals surface area contributed by atoms with Crippen molar-refractivity contribution in [1.82, 2.24) is 15.4 Å². The second-order valence-electron chi connectivity index (χ2n) is 4.66. The van der Waals surface area contributed by atoms with Crippen LogP contribution in [0.3, 0.4) is 0 Å². The van der Waals surface area contributed by atoms with Crippen molar-refractivity contribution in [2.24, 2.45) is 0 Å². The summed E-state index contributed by atoms with van der Waals surface area (Å²) < 4.78 is 0. The van der Waals surface area contributed by atoms with Crippen molar-refractivity contribution in [3.63, 3.8) is 0 Å². The lowest BCUT2D eigenvalue weighted by molar-refractivity contribution is 0.607. The lowest BCUT2D eigenvalue weighted by Crippen LogP contribution is -1.86. The highest BCUT2D eigenvalue weighted by Gasteiger charge is 1.99. The quantitative estimate of drug-likeness (QED) is 0.735. The number of nitrogens with zero attached hydrogens (tertiary/aromatic N) is 2. The standard InChI is InChI=1S/C14H21N3/c1-2-3-4-5-6-7-8-12-9-10-13-14(11-12)16-17-15-13/h9-11H,2-8H2,1H3,(H,15,16,17). The topological polar surface area (TPSA) is 41.6 Å². The Morgan fingerprint density at radius 2 is 1.71 bits per heavy atom. The smallest absolute Gasteiger partial charge is 0.113 e. The van der Waals surface area contributed by atoms with Gasteiger partial charge in [-0.1, -0.05) is 45.1 Å². The van der Waals surface area contributed by atoms with Gasteiger partial charge < -0.3 is 0 Å². The summed E-state index contributed by atoms with van der Waals surface area (Å²) in [5.74, 6) is 0. The van der Waals surface area contributed by atoms with Crippen molar-refractivity contribution in [3.05, 3.63) is 23.8 Å². The molecule has 0 aliphatic rings. The van der Waals surface area contributed by atoms with Crippen molar-refractivity contribution in [2.45, 2.75) is 51.9 Å². The Morgan fingerprint density at radius 3 is 2.59 bits per heavy atom. The fourth-order valence-electron chi connectivity index (χ4n) is 2.15. The molecule has 0 saturated carbocycles. The van der Waals surface area contributed by atoms with Gasteiger partial charge in [-0.15, -0.1) is 0 Å². The lowest BCUT2D eigenvalue weighted by atomic mass is 10.0. The number of H-pyrrole nitrogens is 1. The van der Waals surface area contributed by atoms with Gasteiger partial charge in [0.15, 0.2) is 0 Å². The molecule has 17 heavy (non-hydrogen) atoms. The first-order chi connectivity index (χ1) is 8.40. The van der Waals surface area contributed by atoms with Crippen LogP contribution in [0.5, 0.6) is 0 Å². The van der Waals surface area contributed by atoms with E-state index in [-0.39, 0.29) is 0 Å². The predicted octanol–water partition coefficient (Wildman–Crippen LogP) is 3.86. The van der Waals surface area contributed by atoms with Gasteiger partial charge in [0.05, 0.1) is 0 Å². The molecule has 1 heterocycles. The molecule has 1 N–H and O–H groups in total. The van der Waals surface area contributed by atoms with Gasteiger partial charge in [0, 0.05) is 0 Å². The Kier molecular flexibility index (Phi) is 4.54. The van der Waals surface area contributed by atoms with E-state index in [0.717, 1.165) is 17.5 Å². The number of rotatable bonds is 7. The zero-order chi connectivity index (χ0) is 11.9. The third-order valence-electron chi connectivity index (χ3n) is 3.20. The van der Waals surface area contributed by atoms with Crippen molar-refractivity contribution >= 4 is 11.0 Å². The number of hydrogen-bond donors (Lipinski definition) is 1. The van der Waals surface area contributed by atoms with Gasteiger partial charge in [-0.2, -0.15) is 15.4 Å². The highest BCUT2D eigenvalue weighted by Crippen LogP contribution is 2.14. The molecule has 0 spiro atoms. The predicted molar refractivity (Wildman–Crippen MR) is 71.0 cm³/mol. The molecule has 0 atom stereocenters. The Hall–Kier alpha value is -1.38. The van der Waals surface area contributed by atoms with E-state index < -0.39 is 0 Å². The normalized spacial score (nSPS) is 11.1. The van der Waals surface area contributed by atoms with E-state index in [1.165, 1.54) is 44.1 Å². The maximum Gasteiger partial charge on any atom is 0.113 e. The highest BCUT2D eigenvalue weighted by molar-refractivity contribution is 5.74. The van der Waals surface area contributed by atoms with Crippen LogP contribution >= 0.6 is 0 Å². The van der Waals surface area contributed by atoms with Gasteiger partial charge in [0.2, 0.25) is 0 Å². The number of fused-ring (bicyclic) bond motifs is 1. The van der Waals surface area contributed by atoms with Crippen LogP contribution in [-0.2, 0) is 6.42 Å². The van der Waals surface area contributed by atoms with Crippen LogP contribution in [0.15, 0.2) is 18.2 Å². The van der Waals surface area contributed by atoms with Crippen molar-refractivity contribution in [1.29, 1.82) is 0 Å². The Morgan fingerprint density at radius 1 is 0.941 bits per heavy atom. The minimum absolute atomic E-state index is 0.955. The number of aromatic nitrogens is 3. The van der Waals surface area contributed by atoms with Crippen LogP contribution in [0.1, 0.15) is 51.0 Å². The second kappa shape index (κ2) is 6.38. The molecule has 92 valence electrons. The number of nitrogens with one attached hydrogen (secondary N) is 1. The highest BCUT2D eigenvalue weighted by atomic mass is 15.3. The molecule has 3 nitrogen and oxygen atoms in total. The molecule has 0 saturated heterocycles. The van der Waals surface area contributed by atoms with Crippen LogP contribution < -0.4 is 0 Å². The first-order valence-electron chi connectivity index (χ1n) is 6.69. The van der Waals surface area contributed by atoms with Crippen LogP contribution in [0, 0.1) is 0 Å². The molecule has 0 aliphatic heterocycles. The number of benzene rings is 1. The number of hydrogen-bond acceptors (Lipinski definition) is 2. The van der Waals surface area contributed by atoms with Gasteiger partial charge in [0.1, 0.15) is 11.0 Å². The fraction of sp³-hybridized carbons (Fsp3) is 0.571. The monoisotopic (exact) mass is 231 g/mol. The summed E-state index contributed by atoms with van der Waals surface area (Å²) in [5.41, 5.74) is 3.31. The van der Waals surface area contributed by atoms with Crippen LogP contribution in [-0.4, -0.2) is 15.4 Å². The van der Waals surface area contributed by atoms with E-state index in [1.807, 2.05) is 6.07 Å². The summed E-state index contributed by atoms with van der Waals surface area (Å²) in [6.45, 7) is 2.26. The average molecular weight is 231 g/mol. The van der Waals surface area contributed by atoms with Gasteiger partial charge in [-0.25, -0.2) is 0 Å². The van der Waals surface area contributed by atoms with Crippen molar-refractivity contribution < 1.29 is 0 Å². The van der Waals surface area contributed by atoms with E-state index >= 15 is 0 Å². The van der Waals surface area contributed by atoms with Gasteiger partial charge in [0.25, 0.3) is 0 Å². The first-order valence-corrected chi connectivity index (χ1v) is 6.69. The number of aryl methyl sites for hydroxylation is 1. The molecule has 0 aliphatic carbocycles. The molecular formula is C14H21N3. The molecule has 1 aromatic heterocycles. The maximum atomic E-state index is 4.11. The van der Waals surface area contributed by atoms with E-state index in [1.54, 1.807) is 0 Å². The van der Waals surface area contributed by atoms with Crippen LogP contribution in [0.25, 0.3) is 11.0 Å². The van der Waals surface area contributed by atoms with E-state index in [9.17, 15) is 0 Å². The molecular weight excluding hydrogens is 210 g/mol. The summed E-state index contributed by atoms with van der Waals surface area (Å²) in [6, 6.07) is 6.35. The molecule has 2 aromatic rings. The van der Waals surface area contributed by atoms with Crippen LogP contribution in [0.4, 0.5) is 0 Å². The van der Waals surface area contributed by atoms with Crippen molar-refractivity contribution in [3.8, 4) is 0 Å². The molecule has 0 fully saturated rings. The molecule has 1 aromatic carbocycles.